The van der Waals surface area contributed by atoms with Gasteiger partial charge in [-0.25, -0.2) is 0 Å². The lowest BCUT2D eigenvalue weighted by Gasteiger charge is -2.20. The predicted molar refractivity (Wildman–Crippen MR) is 91.8 cm³/mol. The van der Waals surface area contributed by atoms with Crippen molar-refractivity contribution in [1.29, 1.82) is 0 Å². The van der Waals surface area contributed by atoms with Crippen LogP contribution in [0.25, 0.3) is 0 Å². The third-order valence-electron chi connectivity index (χ3n) is 4.42. The van der Waals surface area contributed by atoms with Crippen molar-refractivity contribution in [3.05, 3.63) is 71.8 Å². The first-order valence-electron chi connectivity index (χ1n) is 8.34. The van der Waals surface area contributed by atoms with Crippen LogP contribution in [-0.4, -0.2) is 18.8 Å². The molecule has 0 aliphatic heterocycles. The van der Waals surface area contributed by atoms with E-state index in [1.165, 1.54) is 11.1 Å². The first kappa shape index (κ1) is 16.2. The lowest BCUT2D eigenvalue weighted by Crippen LogP contribution is -2.22. The molecule has 0 unspecified atom stereocenters. The average molecular weight is 311 g/mol. The van der Waals surface area contributed by atoms with E-state index >= 15 is 0 Å². The maximum atomic E-state index is 6.13. The quantitative estimate of drug-likeness (QED) is 0.851. The van der Waals surface area contributed by atoms with Gasteiger partial charge in [0.05, 0.1) is 25.9 Å². The molecule has 2 N–H and O–H groups in total. The van der Waals surface area contributed by atoms with E-state index in [0.717, 1.165) is 12.8 Å². The molecule has 1 saturated carbocycles. The molecular weight excluding hydrogens is 286 g/mol. The predicted octanol–water partition coefficient (Wildman–Crippen LogP) is 3.53. The van der Waals surface area contributed by atoms with Crippen LogP contribution < -0.4 is 5.73 Å². The van der Waals surface area contributed by atoms with Crippen molar-refractivity contribution in [1.82, 2.24) is 0 Å². The second-order valence-electron chi connectivity index (χ2n) is 6.33. The van der Waals surface area contributed by atoms with E-state index in [1.807, 2.05) is 36.4 Å². The molecule has 0 aromatic heterocycles. The Balaban J connectivity index is 1.47. The van der Waals surface area contributed by atoms with Crippen molar-refractivity contribution in [2.24, 2.45) is 11.7 Å². The molecule has 2 aromatic rings. The highest BCUT2D eigenvalue weighted by molar-refractivity contribution is 5.14. The van der Waals surface area contributed by atoms with E-state index in [9.17, 15) is 0 Å². The summed E-state index contributed by atoms with van der Waals surface area (Å²) in [7, 11) is 0. The van der Waals surface area contributed by atoms with Gasteiger partial charge in [0, 0.05) is 12.0 Å². The van der Waals surface area contributed by atoms with Crippen LogP contribution in [-0.2, 0) is 22.7 Å². The number of hydrogen-bond acceptors (Lipinski definition) is 3. The first-order valence-corrected chi connectivity index (χ1v) is 8.34. The van der Waals surface area contributed by atoms with E-state index in [-0.39, 0.29) is 12.1 Å². The largest absolute Gasteiger partial charge is 0.376 e. The summed E-state index contributed by atoms with van der Waals surface area (Å²) in [6.07, 6.45) is 2.10. The minimum atomic E-state index is 0.195. The first-order chi connectivity index (χ1) is 11.3. The van der Waals surface area contributed by atoms with Crippen LogP contribution in [0, 0.1) is 5.92 Å². The zero-order valence-corrected chi connectivity index (χ0v) is 13.4. The van der Waals surface area contributed by atoms with E-state index in [1.54, 1.807) is 0 Å². The Morgan fingerprint density at radius 1 is 0.826 bits per heavy atom. The highest BCUT2D eigenvalue weighted by Crippen LogP contribution is 2.29. The lowest BCUT2D eigenvalue weighted by molar-refractivity contribution is -0.0188. The van der Waals surface area contributed by atoms with Gasteiger partial charge < -0.3 is 15.2 Å². The summed E-state index contributed by atoms with van der Waals surface area (Å²) in [5, 5.41) is 0. The fourth-order valence-electron chi connectivity index (χ4n) is 3.19. The molecule has 0 bridgehead atoms. The van der Waals surface area contributed by atoms with Crippen LogP contribution in [0.5, 0.6) is 0 Å². The molecule has 0 radical (unpaired) electrons. The van der Waals surface area contributed by atoms with Crippen LogP contribution in [0.3, 0.4) is 0 Å². The second-order valence-corrected chi connectivity index (χ2v) is 6.33. The van der Waals surface area contributed by atoms with Gasteiger partial charge in [0.15, 0.2) is 0 Å². The number of ether oxygens (including phenoxy) is 2. The molecule has 0 spiro atoms. The monoisotopic (exact) mass is 311 g/mol. The Kier molecular flexibility index (Phi) is 5.81. The smallest absolute Gasteiger partial charge is 0.0720 e. The van der Waals surface area contributed by atoms with E-state index in [0.29, 0.717) is 25.7 Å². The maximum absolute atomic E-state index is 6.13. The molecular formula is C20H25NO2. The van der Waals surface area contributed by atoms with Gasteiger partial charge in [-0.05, 0) is 24.0 Å². The summed E-state index contributed by atoms with van der Waals surface area (Å²) >= 11 is 0. The highest BCUT2D eigenvalue weighted by atomic mass is 16.5. The van der Waals surface area contributed by atoms with Gasteiger partial charge >= 0.3 is 0 Å². The molecule has 23 heavy (non-hydrogen) atoms. The molecule has 2 aromatic carbocycles. The Morgan fingerprint density at radius 2 is 1.43 bits per heavy atom. The van der Waals surface area contributed by atoms with Crippen LogP contribution in [0.15, 0.2) is 60.7 Å². The normalized spacial score (nSPS) is 24.0. The number of benzene rings is 2. The van der Waals surface area contributed by atoms with E-state index < -0.39 is 0 Å². The van der Waals surface area contributed by atoms with Gasteiger partial charge in [-0.1, -0.05) is 60.7 Å². The van der Waals surface area contributed by atoms with Crippen LogP contribution in [0.2, 0.25) is 0 Å². The Morgan fingerprint density at radius 3 is 2.09 bits per heavy atom. The number of rotatable bonds is 7. The summed E-state index contributed by atoms with van der Waals surface area (Å²) < 4.78 is 12.0. The SMILES string of the molecule is N[C@@H]1C[C@H](COCc2ccccc2)[C@@H](OCc2ccccc2)C1. The Hall–Kier alpha value is -1.68. The molecule has 1 fully saturated rings. The topological polar surface area (TPSA) is 44.5 Å². The number of hydrogen-bond donors (Lipinski definition) is 1. The Bertz CT molecular complexity index is 573. The summed E-state index contributed by atoms with van der Waals surface area (Å²) in [5.41, 5.74) is 8.54. The van der Waals surface area contributed by atoms with Gasteiger partial charge in [0.2, 0.25) is 0 Å². The minimum absolute atomic E-state index is 0.195. The van der Waals surface area contributed by atoms with Gasteiger partial charge in [-0.3, -0.25) is 0 Å². The average Bonchev–Trinajstić information content (AvgIpc) is 2.95. The van der Waals surface area contributed by atoms with E-state index in [2.05, 4.69) is 24.3 Å². The van der Waals surface area contributed by atoms with Gasteiger partial charge in [0.25, 0.3) is 0 Å². The zero-order chi connectivity index (χ0) is 15.9. The molecule has 0 saturated heterocycles. The van der Waals surface area contributed by atoms with Gasteiger partial charge in [0.1, 0.15) is 0 Å². The molecule has 0 amide bonds. The van der Waals surface area contributed by atoms with Crippen LogP contribution >= 0.6 is 0 Å². The van der Waals surface area contributed by atoms with Crippen molar-refractivity contribution in [3.63, 3.8) is 0 Å². The molecule has 3 nitrogen and oxygen atoms in total. The van der Waals surface area contributed by atoms with Crippen molar-refractivity contribution >= 4 is 0 Å². The van der Waals surface area contributed by atoms with Crippen LogP contribution in [0.4, 0.5) is 0 Å². The molecule has 1 aliphatic carbocycles. The van der Waals surface area contributed by atoms with Gasteiger partial charge in [-0.15, -0.1) is 0 Å². The van der Waals surface area contributed by atoms with Crippen LogP contribution in [0.1, 0.15) is 24.0 Å². The van der Waals surface area contributed by atoms with E-state index in [4.69, 9.17) is 15.2 Å². The van der Waals surface area contributed by atoms with Crippen molar-refractivity contribution in [2.45, 2.75) is 38.2 Å². The number of nitrogens with two attached hydrogens (primary N) is 1. The molecule has 3 rings (SSSR count). The lowest BCUT2D eigenvalue weighted by atomic mass is 10.1. The summed E-state index contributed by atoms with van der Waals surface area (Å²) in [6.45, 7) is 2.01. The third-order valence-corrected chi connectivity index (χ3v) is 4.42. The molecule has 122 valence electrons. The fourth-order valence-corrected chi connectivity index (χ4v) is 3.19. The maximum Gasteiger partial charge on any atom is 0.0720 e. The van der Waals surface area contributed by atoms with Crippen molar-refractivity contribution in [2.75, 3.05) is 6.61 Å². The molecule has 3 heteroatoms. The Labute approximate surface area is 138 Å². The fraction of sp³-hybridized carbons (Fsp3) is 0.400. The minimum Gasteiger partial charge on any atom is -0.376 e. The highest BCUT2D eigenvalue weighted by Gasteiger charge is 2.33. The molecule has 3 atom stereocenters. The second kappa shape index (κ2) is 8.25. The third kappa shape index (κ3) is 4.90. The summed E-state index contributed by atoms with van der Waals surface area (Å²) in [4.78, 5) is 0. The summed E-state index contributed by atoms with van der Waals surface area (Å²) in [5.74, 6) is 0.387. The summed E-state index contributed by atoms with van der Waals surface area (Å²) in [6, 6.07) is 20.8. The molecule has 1 aliphatic rings. The zero-order valence-electron chi connectivity index (χ0n) is 13.4. The van der Waals surface area contributed by atoms with Crippen molar-refractivity contribution < 1.29 is 9.47 Å². The van der Waals surface area contributed by atoms with Gasteiger partial charge in [-0.2, -0.15) is 0 Å². The van der Waals surface area contributed by atoms with Crippen molar-refractivity contribution in [3.8, 4) is 0 Å². The standard InChI is InChI=1S/C20H25NO2/c21-19-11-18(15-22-13-16-7-3-1-4-8-16)20(12-19)23-14-17-9-5-2-6-10-17/h1-10,18-20H,11-15,21H2/t18-,19-,20+/m1/s1. The molecule has 0 heterocycles.